The number of nitrogens with zero attached hydrogens (tertiary/aromatic N) is 4. The van der Waals surface area contributed by atoms with Crippen LogP contribution in [0.3, 0.4) is 0 Å². The number of carbonyl (C=O) groups excluding carboxylic acids is 1. The van der Waals surface area contributed by atoms with Gasteiger partial charge in [-0.25, -0.2) is 9.97 Å². The summed E-state index contributed by atoms with van der Waals surface area (Å²) >= 11 is 0. The Hall–Kier alpha value is -3.20. The number of hydrogen-bond donors (Lipinski definition) is 1. The highest BCUT2D eigenvalue weighted by molar-refractivity contribution is 6.12. The van der Waals surface area contributed by atoms with Gasteiger partial charge in [0.2, 0.25) is 11.6 Å². The third kappa shape index (κ3) is 3.98. The van der Waals surface area contributed by atoms with Crippen molar-refractivity contribution in [2.45, 2.75) is 6.92 Å². The molecule has 9 nitrogen and oxygen atoms in total. The summed E-state index contributed by atoms with van der Waals surface area (Å²) in [5.74, 6) is 0.276. The van der Waals surface area contributed by atoms with Gasteiger partial charge in [-0.05, 0) is 27.1 Å². The second-order valence-electron chi connectivity index (χ2n) is 6.36. The van der Waals surface area contributed by atoms with Gasteiger partial charge in [-0.3, -0.25) is 9.59 Å². The van der Waals surface area contributed by atoms with Crippen LogP contribution in [0.15, 0.2) is 33.9 Å². The third-order valence-corrected chi connectivity index (χ3v) is 3.96. The summed E-state index contributed by atoms with van der Waals surface area (Å²) in [6.07, 6.45) is 2.90. The smallest absolute Gasteiger partial charge is 0.265 e. The maximum Gasteiger partial charge on any atom is 0.265 e. The fraction of sp³-hybridized carbons (Fsp3) is 0.333. The van der Waals surface area contributed by atoms with Gasteiger partial charge >= 0.3 is 0 Å². The number of anilines is 1. The Bertz CT molecular complexity index is 1040. The van der Waals surface area contributed by atoms with E-state index in [-0.39, 0.29) is 22.2 Å². The van der Waals surface area contributed by atoms with Crippen LogP contribution in [0.4, 0.5) is 5.69 Å². The van der Waals surface area contributed by atoms with Gasteiger partial charge < -0.3 is 23.9 Å². The van der Waals surface area contributed by atoms with E-state index in [9.17, 15) is 9.59 Å². The summed E-state index contributed by atoms with van der Waals surface area (Å²) in [5.41, 5.74) is 0.475. The Labute approximate surface area is 155 Å². The number of amides is 1. The topological polar surface area (TPSA) is 102 Å². The first-order valence-corrected chi connectivity index (χ1v) is 8.36. The molecule has 27 heavy (non-hydrogen) atoms. The SMILES string of the molecule is Cc1oc2ncn(C)c(=O)c2c1C(=O)Nc1ccnc(OCCN(C)C)c1. The molecule has 1 N–H and O–H groups in total. The normalized spacial score (nSPS) is 11.1. The van der Waals surface area contributed by atoms with Crippen molar-refractivity contribution in [2.24, 2.45) is 7.05 Å². The van der Waals surface area contributed by atoms with Crippen LogP contribution in [0.2, 0.25) is 0 Å². The molecule has 9 heteroatoms. The van der Waals surface area contributed by atoms with Crippen LogP contribution in [0.25, 0.3) is 11.1 Å². The summed E-state index contributed by atoms with van der Waals surface area (Å²) in [4.78, 5) is 35.3. The molecule has 3 aromatic rings. The summed E-state index contributed by atoms with van der Waals surface area (Å²) in [6, 6.07) is 3.27. The molecule has 142 valence electrons. The van der Waals surface area contributed by atoms with Crippen molar-refractivity contribution in [3.05, 3.63) is 46.3 Å². The molecule has 0 aliphatic carbocycles. The Balaban J connectivity index is 1.84. The van der Waals surface area contributed by atoms with Crippen molar-refractivity contribution in [3.8, 4) is 5.88 Å². The van der Waals surface area contributed by atoms with Crippen molar-refractivity contribution in [1.29, 1.82) is 0 Å². The predicted molar refractivity (Wildman–Crippen MR) is 100 cm³/mol. The molecular formula is C18H21N5O4. The van der Waals surface area contributed by atoms with E-state index >= 15 is 0 Å². The Morgan fingerprint density at radius 1 is 1.37 bits per heavy atom. The average Bonchev–Trinajstić information content (AvgIpc) is 2.95. The molecular weight excluding hydrogens is 350 g/mol. The first kappa shape index (κ1) is 18.6. The molecule has 0 aliphatic heterocycles. The van der Waals surface area contributed by atoms with Crippen LogP contribution in [0, 0.1) is 6.92 Å². The van der Waals surface area contributed by atoms with Crippen molar-refractivity contribution in [3.63, 3.8) is 0 Å². The molecule has 0 aromatic carbocycles. The fourth-order valence-corrected chi connectivity index (χ4v) is 2.55. The number of fused-ring (bicyclic) bond motifs is 1. The van der Waals surface area contributed by atoms with Gasteiger partial charge in [-0.15, -0.1) is 0 Å². The standard InChI is InChI=1S/C18H21N5O4/c1-11-14(15-17(27-11)20-10-23(4)18(15)25)16(24)21-12-5-6-19-13(9-12)26-8-7-22(2)3/h5-6,9-10H,7-8H2,1-4H3,(H,19,21,24). The molecule has 0 saturated heterocycles. The molecule has 3 heterocycles. The summed E-state index contributed by atoms with van der Waals surface area (Å²) in [6.45, 7) is 2.84. The van der Waals surface area contributed by atoms with Gasteiger partial charge in [-0.1, -0.05) is 0 Å². The molecule has 0 bridgehead atoms. The lowest BCUT2D eigenvalue weighted by atomic mass is 10.1. The molecule has 3 aromatic heterocycles. The number of pyridine rings is 1. The van der Waals surface area contributed by atoms with Gasteiger partial charge in [0.1, 0.15) is 24.1 Å². The molecule has 0 atom stereocenters. The monoisotopic (exact) mass is 371 g/mol. The first-order valence-electron chi connectivity index (χ1n) is 8.36. The van der Waals surface area contributed by atoms with E-state index in [4.69, 9.17) is 9.15 Å². The maximum absolute atomic E-state index is 12.8. The highest BCUT2D eigenvalue weighted by Crippen LogP contribution is 2.23. The van der Waals surface area contributed by atoms with E-state index in [0.717, 1.165) is 6.54 Å². The van der Waals surface area contributed by atoms with Crippen molar-refractivity contribution in [2.75, 3.05) is 32.6 Å². The van der Waals surface area contributed by atoms with E-state index in [1.165, 1.54) is 10.9 Å². The molecule has 1 amide bonds. The van der Waals surface area contributed by atoms with E-state index in [1.54, 1.807) is 32.3 Å². The minimum absolute atomic E-state index is 0.142. The van der Waals surface area contributed by atoms with Crippen LogP contribution < -0.4 is 15.6 Å². The molecule has 0 radical (unpaired) electrons. The quantitative estimate of drug-likeness (QED) is 0.699. The number of rotatable bonds is 6. The van der Waals surface area contributed by atoms with Gasteiger partial charge in [0.05, 0.1) is 5.56 Å². The molecule has 0 spiro atoms. The van der Waals surface area contributed by atoms with Crippen LogP contribution >= 0.6 is 0 Å². The summed E-state index contributed by atoms with van der Waals surface area (Å²) in [7, 11) is 5.47. The number of furan rings is 1. The Morgan fingerprint density at radius 3 is 2.89 bits per heavy atom. The van der Waals surface area contributed by atoms with Crippen LogP contribution in [0.1, 0.15) is 16.1 Å². The number of nitrogens with one attached hydrogen (secondary N) is 1. The Morgan fingerprint density at radius 2 is 2.15 bits per heavy atom. The van der Waals surface area contributed by atoms with Crippen LogP contribution in [-0.2, 0) is 7.05 Å². The molecule has 0 unspecified atom stereocenters. The number of carbonyl (C=O) groups is 1. The summed E-state index contributed by atoms with van der Waals surface area (Å²) in [5, 5.41) is 2.92. The van der Waals surface area contributed by atoms with E-state index in [2.05, 4.69) is 15.3 Å². The molecule has 0 aliphatic rings. The second-order valence-corrected chi connectivity index (χ2v) is 6.36. The first-order chi connectivity index (χ1) is 12.9. The number of likely N-dealkylation sites (N-methyl/N-ethyl adjacent to an activating group) is 1. The van der Waals surface area contributed by atoms with E-state index in [0.29, 0.717) is 23.9 Å². The lowest BCUT2D eigenvalue weighted by molar-refractivity contribution is 0.102. The maximum atomic E-state index is 12.8. The summed E-state index contributed by atoms with van der Waals surface area (Å²) < 4.78 is 12.3. The average molecular weight is 371 g/mol. The zero-order chi connectivity index (χ0) is 19.6. The lowest BCUT2D eigenvalue weighted by Gasteiger charge is -2.11. The zero-order valence-corrected chi connectivity index (χ0v) is 15.6. The van der Waals surface area contributed by atoms with Crippen LogP contribution in [-0.4, -0.2) is 52.6 Å². The van der Waals surface area contributed by atoms with Gasteiger partial charge in [0, 0.05) is 31.5 Å². The molecule has 3 rings (SSSR count). The lowest BCUT2D eigenvalue weighted by Crippen LogP contribution is -2.21. The fourth-order valence-electron chi connectivity index (χ4n) is 2.55. The largest absolute Gasteiger partial charge is 0.476 e. The number of aryl methyl sites for hydroxylation is 2. The van der Waals surface area contributed by atoms with Gasteiger partial charge in [0.15, 0.2) is 0 Å². The van der Waals surface area contributed by atoms with E-state index < -0.39 is 5.91 Å². The van der Waals surface area contributed by atoms with E-state index in [1.807, 2.05) is 19.0 Å². The second kappa shape index (κ2) is 7.58. The minimum atomic E-state index is -0.457. The number of aromatic nitrogens is 3. The molecule has 0 saturated carbocycles. The van der Waals surface area contributed by atoms with Crippen LogP contribution in [0.5, 0.6) is 5.88 Å². The Kier molecular flexibility index (Phi) is 5.22. The van der Waals surface area contributed by atoms with Crippen molar-refractivity contribution < 1.29 is 13.9 Å². The zero-order valence-electron chi connectivity index (χ0n) is 15.6. The van der Waals surface area contributed by atoms with Gasteiger partial charge in [-0.2, -0.15) is 0 Å². The van der Waals surface area contributed by atoms with Crippen molar-refractivity contribution in [1.82, 2.24) is 19.4 Å². The van der Waals surface area contributed by atoms with Gasteiger partial charge in [0.25, 0.3) is 11.5 Å². The van der Waals surface area contributed by atoms with Crippen molar-refractivity contribution >= 4 is 22.7 Å². The third-order valence-electron chi connectivity index (χ3n) is 3.96. The predicted octanol–water partition coefficient (Wildman–Crippen LogP) is 1.42. The number of ether oxygens (including phenoxy) is 1. The molecule has 0 fully saturated rings. The highest BCUT2D eigenvalue weighted by atomic mass is 16.5. The highest BCUT2D eigenvalue weighted by Gasteiger charge is 2.22. The number of hydrogen-bond acceptors (Lipinski definition) is 7. The minimum Gasteiger partial charge on any atom is -0.476 e.